The van der Waals surface area contributed by atoms with Gasteiger partial charge < -0.3 is 15.0 Å². The van der Waals surface area contributed by atoms with E-state index in [0.717, 1.165) is 31.5 Å². The zero-order valence-corrected chi connectivity index (χ0v) is 17.1. The summed E-state index contributed by atoms with van der Waals surface area (Å²) < 4.78 is 5.75. The molecule has 0 radical (unpaired) electrons. The van der Waals surface area contributed by atoms with E-state index in [0.29, 0.717) is 29.0 Å². The fraction of sp³-hybridized carbons (Fsp3) is 0.273. The fourth-order valence-electron chi connectivity index (χ4n) is 3.38. The van der Waals surface area contributed by atoms with Gasteiger partial charge in [-0.05, 0) is 43.2 Å². The molecule has 154 valence electrons. The number of pyridine rings is 1. The third-order valence-corrected chi connectivity index (χ3v) is 5.31. The van der Waals surface area contributed by atoms with Gasteiger partial charge in [-0.15, -0.1) is 0 Å². The molecule has 1 aliphatic rings. The lowest BCUT2D eigenvalue weighted by molar-refractivity contribution is -0.120. The number of aromatic nitrogens is 3. The molecule has 7 nitrogen and oxygen atoms in total. The molecule has 1 aromatic carbocycles. The molecule has 1 saturated heterocycles. The summed E-state index contributed by atoms with van der Waals surface area (Å²) in [5, 5.41) is 3.42. The minimum absolute atomic E-state index is 0.00345. The Balaban J connectivity index is 1.30. The van der Waals surface area contributed by atoms with Crippen LogP contribution in [0, 0.1) is 5.92 Å². The minimum Gasteiger partial charge on any atom is -0.487 e. The van der Waals surface area contributed by atoms with E-state index < -0.39 is 0 Å². The Kier molecular flexibility index (Phi) is 6.39. The van der Waals surface area contributed by atoms with E-state index >= 15 is 0 Å². The summed E-state index contributed by atoms with van der Waals surface area (Å²) in [7, 11) is 0. The number of halogens is 1. The van der Waals surface area contributed by atoms with Gasteiger partial charge in [0.05, 0.1) is 5.02 Å². The van der Waals surface area contributed by atoms with Crippen molar-refractivity contribution in [1.82, 2.24) is 15.0 Å². The second-order valence-corrected chi connectivity index (χ2v) is 7.50. The molecule has 1 fully saturated rings. The standard InChI is InChI=1S/C22H22ClN5O2/c23-19-13-18(4-5-20(19)30-15-16-3-1-8-24-14-16)27-21(29)17-6-11-28(12-7-17)22-25-9-2-10-26-22/h1-5,8-10,13-14,17H,6-7,11-12,15H2,(H,27,29). The molecule has 1 amide bonds. The van der Waals surface area contributed by atoms with E-state index in [1.54, 1.807) is 49.1 Å². The van der Waals surface area contributed by atoms with Gasteiger partial charge in [0.15, 0.2) is 0 Å². The normalized spacial score (nSPS) is 14.4. The third kappa shape index (κ3) is 5.04. The number of hydrogen-bond donors (Lipinski definition) is 1. The van der Waals surface area contributed by atoms with Gasteiger partial charge in [-0.1, -0.05) is 17.7 Å². The zero-order chi connectivity index (χ0) is 20.8. The zero-order valence-electron chi connectivity index (χ0n) is 16.4. The second-order valence-electron chi connectivity index (χ2n) is 7.09. The minimum atomic E-state index is -0.0507. The number of ether oxygens (including phenoxy) is 1. The lowest BCUT2D eigenvalue weighted by atomic mass is 9.96. The average Bonchev–Trinajstić information content (AvgIpc) is 2.80. The van der Waals surface area contributed by atoms with Crippen molar-refractivity contribution < 1.29 is 9.53 Å². The van der Waals surface area contributed by atoms with Crippen molar-refractivity contribution in [2.24, 2.45) is 5.92 Å². The first kappa shape index (κ1) is 20.1. The van der Waals surface area contributed by atoms with E-state index in [-0.39, 0.29) is 11.8 Å². The summed E-state index contributed by atoms with van der Waals surface area (Å²) >= 11 is 6.34. The summed E-state index contributed by atoms with van der Waals surface area (Å²) in [4.78, 5) is 27.4. The van der Waals surface area contributed by atoms with Crippen LogP contribution in [0.5, 0.6) is 5.75 Å². The largest absolute Gasteiger partial charge is 0.487 e. The van der Waals surface area contributed by atoms with Crippen LogP contribution in [0.2, 0.25) is 5.02 Å². The molecule has 1 N–H and O–H groups in total. The van der Waals surface area contributed by atoms with Crippen molar-refractivity contribution in [2.45, 2.75) is 19.4 Å². The van der Waals surface area contributed by atoms with Gasteiger partial charge in [-0.2, -0.15) is 0 Å². The van der Waals surface area contributed by atoms with Crippen molar-refractivity contribution in [3.63, 3.8) is 0 Å². The van der Waals surface area contributed by atoms with E-state index in [2.05, 4.69) is 25.2 Å². The van der Waals surface area contributed by atoms with Gasteiger partial charge in [0, 0.05) is 55.0 Å². The van der Waals surface area contributed by atoms with Gasteiger partial charge in [-0.25, -0.2) is 9.97 Å². The number of amides is 1. The Morgan fingerprint density at radius 2 is 1.93 bits per heavy atom. The monoisotopic (exact) mass is 423 g/mol. The number of anilines is 2. The maximum atomic E-state index is 12.7. The van der Waals surface area contributed by atoms with Crippen molar-refractivity contribution in [2.75, 3.05) is 23.3 Å². The number of nitrogens with one attached hydrogen (secondary N) is 1. The van der Waals surface area contributed by atoms with Gasteiger partial charge >= 0.3 is 0 Å². The second kappa shape index (κ2) is 9.54. The first-order chi connectivity index (χ1) is 14.7. The summed E-state index contributed by atoms with van der Waals surface area (Å²) in [5.41, 5.74) is 1.62. The molecule has 3 aromatic rings. The molecule has 0 atom stereocenters. The predicted octanol–water partition coefficient (Wildman–Crippen LogP) is 3.96. The first-order valence-electron chi connectivity index (χ1n) is 9.83. The topological polar surface area (TPSA) is 80.2 Å². The molecule has 2 aromatic heterocycles. The van der Waals surface area contributed by atoms with Gasteiger partial charge in [-0.3, -0.25) is 9.78 Å². The summed E-state index contributed by atoms with van der Waals surface area (Å²) in [5.74, 6) is 1.23. The highest BCUT2D eigenvalue weighted by molar-refractivity contribution is 6.32. The van der Waals surface area contributed by atoms with Crippen LogP contribution in [0.25, 0.3) is 0 Å². The number of rotatable bonds is 6. The maximum Gasteiger partial charge on any atom is 0.227 e. The predicted molar refractivity (Wildman–Crippen MR) is 116 cm³/mol. The molecule has 0 bridgehead atoms. The van der Waals surface area contributed by atoms with Crippen LogP contribution >= 0.6 is 11.6 Å². The number of nitrogens with zero attached hydrogens (tertiary/aromatic N) is 4. The highest BCUT2D eigenvalue weighted by Crippen LogP contribution is 2.29. The Labute approximate surface area is 180 Å². The SMILES string of the molecule is O=C(Nc1ccc(OCc2cccnc2)c(Cl)c1)C1CCN(c2ncccn2)CC1. The Hall–Kier alpha value is -3.19. The molecule has 30 heavy (non-hydrogen) atoms. The van der Waals surface area contributed by atoms with Crippen LogP contribution < -0.4 is 15.0 Å². The van der Waals surface area contributed by atoms with Crippen LogP contribution in [0.3, 0.4) is 0 Å². The van der Waals surface area contributed by atoms with E-state index in [4.69, 9.17) is 16.3 Å². The van der Waals surface area contributed by atoms with Crippen molar-refractivity contribution in [3.05, 3.63) is 71.8 Å². The molecule has 0 saturated carbocycles. The Bertz CT molecular complexity index is 979. The van der Waals surface area contributed by atoms with E-state index in [1.165, 1.54) is 0 Å². The molecule has 0 aliphatic carbocycles. The summed E-state index contributed by atoms with van der Waals surface area (Å²) in [6.07, 6.45) is 8.43. The van der Waals surface area contributed by atoms with Crippen LogP contribution in [0.15, 0.2) is 61.2 Å². The smallest absolute Gasteiger partial charge is 0.227 e. The molecular weight excluding hydrogens is 402 g/mol. The molecule has 1 aliphatic heterocycles. The van der Waals surface area contributed by atoms with Crippen LogP contribution in [-0.4, -0.2) is 33.9 Å². The van der Waals surface area contributed by atoms with Crippen LogP contribution in [0.1, 0.15) is 18.4 Å². The Morgan fingerprint density at radius 1 is 1.13 bits per heavy atom. The lowest BCUT2D eigenvalue weighted by Crippen LogP contribution is -2.39. The van der Waals surface area contributed by atoms with Gasteiger partial charge in [0.2, 0.25) is 11.9 Å². The number of benzene rings is 1. The third-order valence-electron chi connectivity index (χ3n) is 5.02. The van der Waals surface area contributed by atoms with Gasteiger partial charge in [0.25, 0.3) is 0 Å². The molecule has 3 heterocycles. The molecule has 4 rings (SSSR count). The molecular formula is C22H22ClN5O2. The highest BCUT2D eigenvalue weighted by Gasteiger charge is 2.26. The molecule has 0 spiro atoms. The highest BCUT2D eigenvalue weighted by atomic mass is 35.5. The van der Waals surface area contributed by atoms with Crippen molar-refractivity contribution in [3.8, 4) is 5.75 Å². The van der Waals surface area contributed by atoms with Crippen LogP contribution in [-0.2, 0) is 11.4 Å². The lowest BCUT2D eigenvalue weighted by Gasteiger charge is -2.31. The van der Waals surface area contributed by atoms with Crippen LogP contribution in [0.4, 0.5) is 11.6 Å². The number of carbonyl (C=O) groups excluding carboxylic acids is 1. The maximum absolute atomic E-state index is 12.7. The number of hydrogen-bond acceptors (Lipinski definition) is 6. The Morgan fingerprint density at radius 3 is 2.63 bits per heavy atom. The van der Waals surface area contributed by atoms with Gasteiger partial charge in [0.1, 0.15) is 12.4 Å². The van der Waals surface area contributed by atoms with E-state index in [1.807, 2.05) is 12.1 Å². The summed E-state index contributed by atoms with van der Waals surface area (Å²) in [6.45, 7) is 1.89. The van der Waals surface area contributed by atoms with Crippen molar-refractivity contribution in [1.29, 1.82) is 0 Å². The number of carbonyl (C=O) groups is 1. The fourth-order valence-corrected chi connectivity index (χ4v) is 3.62. The first-order valence-corrected chi connectivity index (χ1v) is 10.2. The van der Waals surface area contributed by atoms with Crippen molar-refractivity contribution >= 4 is 29.1 Å². The summed E-state index contributed by atoms with van der Waals surface area (Å²) in [6, 6.07) is 10.9. The van der Waals surface area contributed by atoms with E-state index in [9.17, 15) is 4.79 Å². The quantitative estimate of drug-likeness (QED) is 0.646. The molecule has 8 heteroatoms. The average molecular weight is 424 g/mol. The number of piperidine rings is 1. The molecule has 0 unspecified atom stereocenters.